The molecule has 0 aliphatic heterocycles. The highest BCUT2D eigenvalue weighted by Gasteiger charge is 2.12. The van der Waals surface area contributed by atoms with Crippen LogP contribution in [0.25, 0.3) is 0 Å². The number of carbonyl (C=O) groups is 1. The smallest absolute Gasteiger partial charge is 0.193 e. The van der Waals surface area contributed by atoms with E-state index in [0.29, 0.717) is 28.3 Å². The summed E-state index contributed by atoms with van der Waals surface area (Å²) in [5.74, 6) is 0.00119. The minimum atomic E-state index is 0.00119. The Balaban J connectivity index is 2.22. The summed E-state index contributed by atoms with van der Waals surface area (Å²) in [5, 5.41) is 8.35. The first-order valence-electron chi connectivity index (χ1n) is 6.97. The third-order valence-corrected chi connectivity index (χ3v) is 3.73. The van der Waals surface area contributed by atoms with Gasteiger partial charge in [-0.1, -0.05) is 42.8 Å². The van der Waals surface area contributed by atoms with Crippen molar-refractivity contribution in [2.24, 2.45) is 0 Å². The molecule has 0 aromatic heterocycles. The summed E-state index contributed by atoms with van der Waals surface area (Å²) in [6, 6.07) is 12.8. The molecule has 0 saturated carbocycles. The van der Waals surface area contributed by atoms with Gasteiger partial charge in [0.05, 0.1) is 0 Å². The molecule has 2 nitrogen and oxygen atoms in total. The fourth-order valence-corrected chi connectivity index (χ4v) is 2.41. The minimum absolute atomic E-state index is 0.00119. The molecule has 2 aromatic rings. The van der Waals surface area contributed by atoms with Crippen LogP contribution in [-0.4, -0.2) is 11.5 Å². The van der Waals surface area contributed by atoms with E-state index < -0.39 is 0 Å². The van der Waals surface area contributed by atoms with Crippen LogP contribution in [0.5, 0.6) is 0 Å². The molecular weight excluding hydrogens is 282 g/mol. The molecule has 2 aromatic carbocycles. The van der Waals surface area contributed by atoms with Crippen molar-refractivity contribution in [3.05, 3.63) is 69.7 Å². The van der Waals surface area contributed by atoms with Crippen molar-refractivity contribution in [2.45, 2.75) is 26.7 Å². The number of halogens is 1. The van der Waals surface area contributed by atoms with Crippen molar-refractivity contribution in [1.82, 2.24) is 0 Å². The molecule has 0 spiro atoms. The molecule has 0 unspecified atom stereocenters. The summed E-state index contributed by atoms with van der Waals surface area (Å²) in [4.78, 5) is 12.5. The topological polar surface area (TPSA) is 40.9 Å². The lowest BCUT2D eigenvalue weighted by Crippen LogP contribution is -2.04. The molecule has 0 heterocycles. The van der Waals surface area contributed by atoms with E-state index in [1.54, 1.807) is 18.2 Å². The molecule has 0 bridgehead atoms. The van der Waals surface area contributed by atoms with Crippen LogP contribution in [0.2, 0.25) is 5.02 Å². The summed E-state index contributed by atoms with van der Waals surface area (Å²) < 4.78 is 0. The number of hydrogen-bond acceptors (Lipinski definition) is 2. The van der Waals surface area contributed by atoms with Crippen LogP contribution < -0.4 is 0 Å². The fourth-order valence-electron chi connectivity index (χ4n) is 2.18. The Kier molecular flexibility index (Phi) is 4.92. The van der Waals surface area contributed by atoms with Crippen LogP contribution in [0.4, 0.5) is 0 Å². The number of carbonyl (C=O) groups excluding carboxylic acids is 1. The number of nitrogens with one attached hydrogen (secondary N) is 1. The van der Waals surface area contributed by atoms with Gasteiger partial charge in [-0.05, 0) is 42.7 Å². The van der Waals surface area contributed by atoms with E-state index >= 15 is 0 Å². The molecule has 0 fully saturated rings. The summed E-state index contributed by atoms with van der Waals surface area (Å²) in [7, 11) is 0. The lowest BCUT2D eigenvalue weighted by atomic mass is 9.97. The zero-order chi connectivity index (χ0) is 15.4. The van der Waals surface area contributed by atoms with Crippen molar-refractivity contribution >= 4 is 23.1 Å². The molecule has 0 aliphatic carbocycles. The lowest BCUT2D eigenvalue weighted by molar-refractivity contribution is 0.103. The van der Waals surface area contributed by atoms with Crippen LogP contribution in [0, 0.1) is 12.3 Å². The summed E-state index contributed by atoms with van der Waals surface area (Å²) in [5.41, 5.74) is 3.97. The van der Waals surface area contributed by atoms with E-state index in [4.69, 9.17) is 17.0 Å². The SMILES string of the molecule is CCC(=N)Cc1ccc(C(=O)c2ccc(Cl)cc2C)cc1. The van der Waals surface area contributed by atoms with Gasteiger partial charge in [-0.15, -0.1) is 0 Å². The van der Waals surface area contributed by atoms with Gasteiger partial charge in [0.25, 0.3) is 0 Å². The Morgan fingerprint density at radius 1 is 1.14 bits per heavy atom. The number of aryl methyl sites for hydroxylation is 1. The van der Waals surface area contributed by atoms with Gasteiger partial charge < -0.3 is 5.41 Å². The van der Waals surface area contributed by atoms with Crippen molar-refractivity contribution in [3.8, 4) is 0 Å². The van der Waals surface area contributed by atoms with Crippen LogP contribution in [-0.2, 0) is 6.42 Å². The molecule has 21 heavy (non-hydrogen) atoms. The normalized spacial score (nSPS) is 10.4. The van der Waals surface area contributed by atoms with Crippen LogP contribution in [0.15, 0.2) is 42.5 Å². The van der Waals surface area contributed by atoms with Gasteiger partial charge in [0.15, 0.2) is 5.78 Å². The summed E-state index contributed by atoms with van der Waals surface area (Å²) in [6.45, 7) is 3.86. The first-order chi connectivity index (χ1) is 10.0. The Labute approximate surface area is 130 Å². The molecule has 1 N–H and O–H groups in total. The summed E-state index contributed by atoms with van der Waals surface area (Å²) in [6.07, 6.45) is 1.40. The first-order valence-corrected chi connectivity index (χ1v) is 7.35. The van der Waals surface area contributed by atoms with E-state index in [1.165, 1.54) is 0 Å². The van der Waals surface area contributed by atoms with E-state index in [-0.39, 0.29) is 5.78 Å². The maximum absolute atomic E-state index is 12.5. The predicted octanol–water partition coefficient (Wildman–Crippen LogP) is 4.85. The van der Waals surface area contributed by atoms with Crippen LogP contribution >= 0.6 is 11.6 Å². The van der Waals surface area contributed by atoms with Crippen LogP contribution in [0.3, 0.4) is 0 Å². The zero-order valence-electron chi connectivity index (χ0n) is 12.2. The average molecular weight is 300 g/mol. The molecule has 108 valence electrons. The fraction of sp³-hybridized carbons (Fsp3) is 0.222. The maximum atomic E-state index is 12.5. The van der Waals surface area contributed by atoms with Crippen molar-refractivity contribution < 1.29 is 4.79 Å². The highest BCUT2D eigenvalue weighted by molar-refractivity contribution is 6.30. The number of ketones is 1. The number of rotatable bonds is 5. The number of hydrogen-bond donors (Lipinski definition) is 1. The van der Waals surface area contributed by atoms with Crippen LogP contribution in [0.1, 0.15) is 40.4 Å². The molecule has 3 heteroatoms. The molecule has 0 atom stereocenters. The highest BCUT2D eigenvalue weighted by atomic mass is 35.5. The zero-order valence-corrected chi connectivity index (χ0v) is 13.0. The van der Waals surface area contributed by atoms with Gasteiger partial charge in [0.1, 0.15) is 0 Å². The Bertz CT molecular complexity index is 674. The minimum Gasteiger partial charge on any atom is -0.309 e. The van der Waals surface area contributed by atoms with Crippen molar-refractivity contribution in [1.29, 1.82) is 5.41 Å². The Morgan fingerprint density at radius 3 is 2.38 bits per heavy atom. The second-order valence-corrected chi connectivity index (χ2v) is 5.56. The van der Waals surface area contributed by atoms with Gasteiger partial charge in [0.2, 0.25) is 0 Å². The second-order valence-electron chi connectivity index (χ2n) is 5.12. The average Bonchev–Trinajstić information content (AvgIpc) is 2.47. The molecule has 2 rings (SSSR count). The number of benzene rings is 2. The molecule has 0 amide bonds. The second kappa shape index (κ2) is 6.68. The predicted molar refractivity (Wildman–Crippen MR) is 87.8 cm³/mol. The van der Waals surface area contributed by atoms with Gasteiger partial charge in [0, 0.05) is 28.3 Å². The van der Waals surface area contributed by atoms with E-state index in [9.17, 15) is 4.79 Å². The Morgan fingerprint density at radius 2 is 1.81 bits per heavy atom. The van der Waals surface area contributed by atoms with E-state index in [1.807, 2.05) is 38.1 Å². The third-order valence-electron chi connectivity index (χ3n) is 3.49. The standard InChI is InChI=1S/C18H18ClNO/c1-3-16(20)11-13-4-6-14(7-5-13)18(21)17-9-8-15(19)10-12(17)2/h4-10,20H,3,11H2,1-2H3. The van der Waals surface area contributed by atoms with Gasteiger partial charge >= 0.3 is 0 Å². The van der Waals surface area contributed by atoms with Gasteiger partial charge in [-0.3, -0.25) is 4.79 Å². The maximum Gasteiger partial charge on any atom is 0.193 e. The lowest BCUT2D eigenvalue weighted by Gasteiger charge is -2.07. The molecule has 0 radical (unpaired) electrons. The van der Waals surface area contributed by atoms with Gasteiger partial charge in [-0.2, -0.15) is 0 Å². The van der Waals surface area contributed by atoms with Gasteiger partial charge in [-0.25, -0.2) is 0 Å². The molecule has 0 aliphatic rings. The monoisotopic (exact) mass is 299 g/mol. The highest BCUT2D eigenvalue weighted by Crippen LogP contribution is 2.19. The van der Waals surface area contributed by atoms with E-state index in [2.05, 4.69) is 0 Å². The third kappa shape index (κ3) is 3.79. The van der Waals surface area contributed by atoms with E-state index in [0.717, 1.165) is 17.5 Å². The van der Waals surface area contributed by atoms with Crippen molar-refractivity contribution in [3.63, 3.8) is 0 Å². The molecule has 0 saturated heterocycles. The Hall–Kier alpha value is -1.93. The van der Waals surface area contributed by atoms with Crippen molar-refractivity contribution in [2.75, 3.05) is 0 Å². The molecular formula is C18H18ClNO. The first kappa shape index (κ1) is 15.5. The largest absolute Gasteiger partial charge is 0.309 e. The quantitative estimate of drug-likeness (QED) is 0.622. The summed E-state index contributed by atoms with van der Waals surface area (Å²) >= 11 is 5.92.